The van der Waals surface area contributed by atoms with Gasteiger partial charge in [0.2, 0.25) is 0 Å². The fraction of sp³-hybridized carbons (Fsp3) is 0.312. The summed E-state index contributed by atoms with van der Waals surface area (Å²) in [6.07, 6.45) is 1.05. The highest BCUT2D eigenvalue weighted by atomic mass is 16.1. The minimum absolute atomic E-state index is 0.0939. The Hall–Kier alpha value is -2.03. The van der Waals surface area contributed by atoms with E-state index in [0.717, 1.165) is 17.2 Å². The van der Waals surface area contributed by atoms with Crippen LogP contribution in [-0.4, -0.2) is 12.5 Å². The lowest BCUT2D eigenvalue weighted by Gasteiger charge is -2.12. The first kappa shape index (κ1) is 13.4. The van der Waals surface area contributed by atoms with E-state index in [1.54, 1.807) is 0 Å². The van der Waals surface area contributed by atoms with Crippen LogP contribution in [0.2, 0.25) is 0 Å². The molecule has 100 valence electrons. The molecule has 0 spiro atoms. The quantitative estimate of drug-likeness (QED) is 0.825. The largest absolute Gasteiger partial charge is 0.398 e. The number of hydrogen-bond donors (Lipinski definition) is 2. The first-order chi connectivity index (χ1) is 9.11. The van der Waals surface area contributed by atoms with Crippen LogP contribution in [0.15, 0.2) is 36.4 Å². The molecule has 0 aliphatic carbocycles. The van der Waals surface area contributed by atoms with Crippen molar-refractivity contribution >= 4 is 22.4 Å². The maximum absolute atomic E-state index is 12.1. The van der Waals surface area contributed by atoms with Gasteiger partial charge in [-0.15, -0.1) is 0 Å². The molecule has 0 aliphatic heterocycles. The molecule has 0 saturated heterocycles. The number of hydrogen-bond acceptors (Lipinski definition) is 2. The summed E-state index contributed by atoms with van der Waals surface area (Å²) in [6, 6.07) is 11.6. The molecule has 2 aromatic rings. The number of carbonyl (C=O) groups excluding carboxylic acids is 1. The highest BCUT2D eigenvalue weighted by Crippen LogP contribution is 2.21. The van der Waals surface area contributed by atoms with Crippen molar-refractivity contribution in [1.29, 1.82) is 0 Å². The van der Waals surface area contributed by atoms with Crippen LogP contribution in [0.1, 0.15) is 30.6 Å². The van der Waals surface area contributed by atoms with Gasteiger partial charge in [-0.1, -0.05) is 44.5 Å². The van der Waals surface area contributed by atoms with Gasteiger partial charge in [0.1, 0.15) is 0 Å². The highest BCUT2D eigenvalue weighted by molar-refractivity contribution is 6.03. The monoisotopic (exact) mass is 256 g/mol. The zero-order chi connectivity index (χ0) is 13.8. The first-order valence-corrected chi connectivity index (χ1v) is 6.68. The molecule has 0 fully saturated rings. The van der Waals surface area contributed by atoms with Gasteiger partial charge in [-0.2, -0.15) is 0 Å². The number of rotatable bonds is 4. The van der Waals surface area contributed by atoms with Gasteiger partial charge >= 0.3 is 0 Å². The van der Waals surface area contributed by atoms with Crippen LogP contribution in [0.5, 0.6) is 0 Å². The Bertz CT molecular complexity index is 592. The van der Waals surface area contributed by atoms with Crippen molar-refractivity contribution in [3.05, 3.63) is 42.0 Å². The molecule has 19 heavy (non-hydrogen) atoms. The van der Waals surface area contributed by atoms with Gasteiger partial charge in [-0.05, 0) is 28.8 Å². The van der Waals surface area contributed by atoms with Crippen LogP contribution < -0.4 is 11.1 Å². The third-order valence-corrected chi connectivity index (χ3v) is 3.47. The van der Waals surface area contributed by atoms with Gasteiger partial charge in [-0.25, -0.2) is 0 Å². The fourth-order valence-corrected chi connectivity index (χ4v) is 1.96. The number of amides is 1. The van der Waals surface area contributed by atoms with Crippen molar-refractivity contribution in [2.75, 3.05) is 12.3 Å². The summed E-state index contributed by atoms with van der Waals surface area (Å²) < 4.78 is 0. The molecule has 0 aliphatic rings. The number of nitrogens with one attached hydrogen (secondary N) is 1. The maximum atomic E-state index is 12.1. The van der Waals surface area contributed by atoms with Crippen LogP contribution in [0.25, 0.3) is 10.8 Å². The van der Waals surface area contributed by atoms with E-state index in [1.165, 1.54) is 0 Å². The Morgan fingerprint density at radius 3 is 2.53 bits per heavy atom. The molecule has 3 nitrogen and oxygen atoms in total. The number of carbonyl (C=O) groups is 1. The van der Waals surface area contributed by atoms with Gasteiger partial charge in [0.25, 0.3) is 5.91 Å². The summed E-state index contributed by atoms with van der Waals surface area (Å²) in [5, 5.41) is 5.02. The third-order valence-electron chi connectivity index (χ3n) is 3.47. The molecule has 0 saturated carbocycles. The molecule has 2 rings (SSSR count). The van der Waals surface area contributed by atoms with E-state index < -0.39 is 0 Å². The average molecular weight is 256 g/mol. The maximum Gasteiger partial charge on any atom is 0.253 e. The van der Waals surface area contributed by atoms with E-state index in [9.17, 15) is 4.79 Å². The van der Waals surface area contributed by atoms with Crippen LogP contribution in [-0.2, 0) is 0 Å². The first-order valence-electron chi connectivity index (χ1n) is 6.68. The number of nitrogens with two attached hydrogens (primary N) is 1. The Morgan fingerprint density at radius 1 is 1.26 bits per heavy atom. The number of fused-ring (bicyclic) bond motifs is 1. The van der Waals surface area contributed by atoms with E-state index in [2.05, 4.69) is 19.2 Å². The van der Waals surface area contributed by atoms with E-state index >= 15 is 0 Å². The standard InChI is InChI=1S/C16H20N2O/c1-3-11(2)10-18-16(19)14-8-12-6-4-5-7-13(12)9-15(14)17/h4-9,11H,3,10,17H2,1-2H3,(H,18,19). The SMILES string of the molecule is CCC(C)CNC(=O)c1cc2ccccc2cc1N. The minimum Gasteiger partial charge on any atom is -0.398 e. The van der Waals surface area contributed by atoms with Gasteiger partial charge in [0, 0.05) is 12.2 Å². The molecular formula is C16H20N2O. The minimum atomic E-state index is -0.0939. The second kappa shape index (κ2) is 5.74. The molecule has 1 unspecified atom stereocenters. The van der Waals surface area contributed by atoms with Gasteiger partial charge < -0.3 is 11.1 Å². The predicted molar refractivity (Wildman–Crippen MR) is 80.1 cm³/mol. The summed E-state index contributed by atoms with van der Waals surface area (Å²) in [5.74, 6) is 0.384. The third kappa shape index (κ3) is 3.05. The van der Waals surface area contributed by atoms with Crippen LogP contribution in [0.4, 0.5) is 5.69 Å². The summed E-state index contributed by atoms with van der Waals surface area (Å²) in [4.78, 5) is 12.1. The molecule has 3 N–H and O–H groups in total. The normalized spacial score (nSPS) is 12.3. The summed E-state index contributed by atoms with van der Waals surface area (Å²) in [7, 11) is 0. The van der Waals surface area contributed by atoms with Crippen LogP contribution >= 0.6 is 0 Å². The van der Waals surface area contributed by atoms with E-state index in [-0.39, 0.29) is 5.91 Å². The topological polar surface area (TPSA) is 55.1 Å². The summed E-state index contributed by atoms with van der Waals surface area (Å²) >= 11 is 0. The van der Waals surface area contributed by atoms with Crippen LogP contribution in [0, 0.1) is 5.92 Å². The van der Waals surface area contributed by atoms with Gasteiger partial charge in [0.05, 0.1) is 5.56 Å². The van der Waals surface area contributed by atoms with Crippen molar-refractivity contribution in [2.45, 2.75) is 20.3 Å². The molecule has 3 heteroatoms. The highest BCUT2D eigenvalue weighted by Gasteiger charge is 2.11. The lowest BCUT2D eigenvalue weighted by molar-refractivity contribution is 0.0949. The number of anilines is 1. The van der Waals surface area contributed by atoms with Gasteiger partial charge in [0.15, 0.2) is 0 Å². The average Bonchev–Trinajstić information content (AvgIpc) is 2.43. The molecule has 0 bridgehead atoms. The number of benzene rings is 2. The fourth-order valence-electron chi connectivity index (χ4n) is 1.96. The zero-order valence-electron chi connectivity index (χ0n) is 11.4. The summed E-state index contributed by atoms with van der Waals surface area (Å²) in [6.45, 7) is 4.91. The summed E-state index contributed by atoms with van der Waals surface area (Å²) in [5.41, 5.74) is 7.05. The lowest BCUT2D eigenvalue weighted by Crippen LogP contribution is -2.28. The molecule has 0 aromatic heterocycles. The Labute approximate surface area is 113 Å². The van der Waals surface area contributed by atoms with Crippen molar-refractivity contribution in [1.82, 2.24) is 5.32 Å². The van der Waals surface area contributed by atoms with E-state index in [1.807, 2.05) is 36.4 Å². The van der Waals surface area contributed by atoms with Crippen molar-refractivity contribution in [2.24, 2.45) is 5.92 Å². The second-order valence-corrected chi connectivity index (χ2v) is 5.01. The second-order valence-electron chi connectivity index (χ2n) is 5.01. The number of nitrogen functional groups attached to an aromatic ring is 1. The van der Waals surface area contributed by atoms with Crippen molar-refractivity contribution in [3.63, 3.8) is 0 Å². The Balaban J connectivity index is 2.24. The molecule has 0 heterocycles. The smallest absolute Gasteiger partial charge is 0.253 e. The van der Waals surface area contributed by atoms with E-state index in [4.69, 9.17) is 5.73 Å². The van der Waals surface area contributed by atoms with Crippen molar-refractivity contribution in [3.8, 4) is 0 Å². The molecule has 0 radical (unpaired) electrons. The Morgan fingerprint density at radius 2 is 1.89 bits per heavy atom. The molecule has 2 aromatic carbocycles. The van der Waals surface area contributed by atoms with Crippen molar-refractivity contribution < 1.29 is 4.79 Å². The zero-order valence-corrected chi connectivity index (χ0v) is 11.4. The predicted octanol–water partition coefficient (Wildman–Crippen LogP) is 3.20. The molecule has 1 amide bonds. The molecule has 1 atom stereocenters. The molecular weight excluding hydrogens is 236 g/mol. The van der Waals surface area contributed by atoms with Crippen LogP contribution in [0.3, 0.4) is 0 Å². The lowest BCUT2D eigenvalue weighted by atomic mass is 10.0. The van der Waals surface area contributed by atoms with E-state index in [0.29, 0.717) is 23.7 Å². The Kier molecular flexibility index (Phi) is 4.05. The van der Waals surface area contributed by atoms with Gasteiger partial charge in [-0.3, -0.25) is 4.79 Å².